The smallest absolute Gasteiger partial charge is 0.244 e. The van der Waals surface area contributed by atoms with Crippen LogP contribution in [0.1, 0.15) is 45.4 Å². The van der Waals surface area contributed by atoms with Crippen molar-refractivity contribution in [2.24, 2.45) is 0 Å². The molecule has 1 amide bonds. The average Bonchev–Trinajstić information content (AvgIpc) is 2.53. The van der Waals surface area contributed by atoms with Crippen LogP contribution in [0, 0.1) is 0 Å². The molecule has 0 aromatic heterocycles. The Morgan fingerprint density at radius 2 is 1.83 bits per heavy atom. The molecular formula is C17H25ClN2O3S. The van der Waals surface area contributed by atoms with Crippen molar-refractivity contribution < 1.29 is 13.2 Å². The molecule has 2 rings (SSSR count). The second-order valence-electron chi connectivity index (χ2n) is 6.30. The van der Waals surface area contributed by atoms with Gasteiger partial charge in [-0.2, -0.15) is 0 Å². The van der Waals surface area contributed by atoms with Crippen molar-refractivity contribution in [3.8, 4) is 0 Å². The molecule has 1 aliphatic rings. The number of rotatable bonds is 6. The van der Waals surface area contributed by atoms with Gasteiger partial charge in [0.2, 0.25) is 15.9 Å². The van der Waals surface area contributed by atoms with Crippen LogP contribution in [-0.4, -0.2) is 32.7 Å². The van der Waals surface area contributed by atoms with E-state index in [2.05, 4.69) is 5.32 Å². The Labute approximate surface area is 149 Å². The number of nitrogens with zero attached hydrogens (tertiary/aromatic N) is 1. The molecule has 1 aromatic rings. The third kappa shape index (κ3) is 4.86. The maximum atomic E-state index is 12.7. The molecule has 24 heavy (non-hydrogen) atoms. The van der Waals surface area contributed by atoms with E-state index in [-0.39, 0.29) is 11.9 Å². The number of carbonyl (C=O) groups is 1. The maximum Gasteiger partial charge on any atom is 0.244 e. The molecule has 0 unspecified atom stereocenters. The Balaban J connectivity index is 2.24. The van der Waals surface area contributed by atoms with Crippen molar-refractivity contribution in [1.29, 1.82) is 0 Å². The van der Waals surface area contributed by atoms with Crippen LogP contribution in [0.3, 0.4) is 0 Å². The highest BCUT2D eigenvalue weighted by molar-refractivity contribution is 7.92. The molecule has 0 aliphatic heterocycles. The highest BCUT2D eigenvalue weighted by atomic mass is 35.5. The zero-order valence-corrected chi connectivity index (χ0v) is 15.7. The van der Waals surface area contributed by atoms with Crippen molar-refractivity contribution in [3.05, 3.63) is 29.3 Å². The number of amides is 1. The number of hydrogen-bond donors (Lipinski definition) is 1. The van der Waals surface area contributed by atoms with Gasteiger partial charge in [0.15, 0.2) is 0 Å². The first-order chi connectivity index (χ1) is 11.3. The summed E-state index contributed by atoms with van der Waals surface area (Å²) in [5.74, 6) is -0.232. The third-order valence-electron chi connectivity index (χ3n) is 4.36. The van der Waals surface area contributed by atoms with Crippen molar-refractivity contribution in [2.75, 3.05) is 10.6 Å². The van der Waals surface area contributed by atoms with E-state index in [0.29, 0.717) is 17.1 Å². The zero-order chi connectivity index (χ0) is 17.7. The Hall–Kier alpha value is -1.27. The Bertz CT molecular complexity index is 655. The summed E-state index contributed by atoms with van der Waals surface area (Å²) in [6.45, 7) is 1.82. The standard InChI is InChI=1S/C17H25ClN2O3S/c1-3-16(17(21)19-14-7-5-4-6-8-14)20(24(2,22)23)15-11-9-13(18)10-12-15/h9-12,14,16H,3-8H2,1-2H3,(H,19,21)/t16-/m0/s1. The maximum absolute atomic E-state index is 12.7. The summed E-state index contributed by atoms with van der Waals surface area (Å²) in [4.78, 5) is 12.7. The van der Waals surface area contributed by atoms with Crippen LogP contribution in [0.15, 0.2) is 24.3 Å². The molecule has 0 radical (unpaired) electrons. The fourth-order valence-electron chi connectivity index (χ4n) is 3.19. The van der Waals surface area contributed by atoms with E-state index in [0.717, 1.165) is 31.9 Å². The zero-order valence-electron chi connectivity index (χ0n) is 14.2. The predicted molar refractivity (Wildman–Crippen MR) is 97.9 cm³/mol. The number of halogens is 1. The SMILES string of the molecule is CC[C@@H](C(=O)NC1CCCCC1)N(c1ccc(Cl)cc1)S(C)(=O)=O. The van der Waals surface area contributed by atoms with Gasteiger partial charge >= 0.3 is 0 Å². The Kier molecular flexibility index (Phi) is 6.52. The minimum atomic E-state index is -3.60. The molecule has 1 fully saturated rings. The van der Waals surface area contributed by atoms with E-state index in [4.69, 9.17) is 11.6 Å². The lowest BCUT2D eigenvalue weighted by molar-refractivity contribution is -0.123. The first-order valence-electron chi connectivity index (χ1n) is 8.38. The lowest BCUT2D eigenvalue weighted by Gasteiger charge is -2.32. The molecule has 0 heterocycles. The monoisotopic (exact) mass is 372 g/mol. The van der Waals surface area contributed by atoms with Crippen LogP contribution in [0.5, 0.6) is 0 Å². The van der Waals surface area contributed by atoms with Gasteiger partial charge in [-0.15, -0.1) is 0 Å². The highest BCUT2D eigenvalue weighted by Gasteiger charge is 2.32. The van der Waals surface area contributed by atoms with E-state index in [1.165, 1.54) is 10.7 Å². The summed E-state index contributed by atoms with van der Waals surface area (Å²) in [5, 5.41) is 3.55. The molecule has 1 N–H and O–H groups in total. The number of hydrogen-bond acceptors (Lipinski definition) is 3. The van der Waals surface area contributed by atoms with Crippen LogP contribution in [0.4, 0.5) is 5.69 Å². The fraction of sp³-hybridized carbons (Fsp3) is 0.588. The van der Waals surface area contributed by atoms with Crippen molar-refractivity contribution in [3.63, 3.8) is 0 Å². The van der Waals surface area contributed by atoms with E-state index in [1.807, 2.05) is 6.92 Å². The van der Waals surface area contributed by atoms with Gasteiger partial charge in [-0.1, -0.05) is 37.8 Å². The number of sulfonamides is 1. The largest absolute Gasteiger partial charge is 0.352 e. The van der Waals surface area contributed by atoms with E-state index < -0.39 is 16.1 Å². The molecule has 0 saturated heterocycles. The predicted octanol–water partition coefficient (Wildman–Crippen LogP) is 3.33. The van der Waals surface area contributed by atoms with E-state index in [9.17, 15) is 13.2 Å². The summed E-state index contributed by atoms with van der Waals surface area (Å²) < 4.78 is 25.8. The summed E-state index contributed by atoms with van der Waals surface area (Å²) in [7, 11) is -3.60. The topological polar surface area (TPSA) is 66.5 Å². The molecule has 7 heteroatoms. The molecule has 0 spiro atoms. The van der Waals surface area contributed by atoms with Gasteiger partial charge in [0, 0.05) is 11.1 Å². The average molecular weight is 373 g/mol. The van der Waals surface area contributed by atoms with Gasteiger partial charge < -0.3 is 5.32 Å². The van der Waals surface area contributed by atoms with Crippen LogP contribution < -0.4 is 9.62 Å². The molecule has 0 bridgehead atoms. The van der Waals surface area contributed by atoms with Crippen molar-refractivity contribution >= 4 is 33.2 Å². The Morgan fingerprint density at radius 1 is 1.25 bits per heavy atom. The number of benzene rings is 1. The van der Waals surface area contributed by atoms with Gasteiger partial charge in [-0.3, -0.25) is 9.10 Å². The normalized spacial score (nSPS) is 17.3. The molecule has 1 aliphatic carbocycles. The lowest BCUT2D eigenvalue weighted by atomic mass is 9.95. The number of nitrogens with one attached hydrogen (secondary N) is 1. The first-order valence-corrected chi connectivity index (χ1v) is 10.6. The minimum Gasteiger partial charge on any atom is -0.352 e. The van der Waals surface area contributed by atoms with Crippen molar-refractivity contribution in [1.82, 2.24) is 5.32 Å². The van der Waals surface area contributed by atoms with Crippen molar-refractivity contribution in [2.45, 2.75) is 57.5 Å². The summed E-state index contributed by atoms with van der Waals surface area (Å²) in [5.41, 5.74) is 0.451. The molecule has 134 valence electrons. The number of anilines is 1. The van der Waals surface area contributed by atoms with Gasteiger partial charge in [0.05, 0.1) is 11.9 Å². The second-order valence-corrected chi connectivity index (χ2v) is 8.60. The van der Waals surface area contributed by atoms with Crippen LogP contribution in [-0.2, 0) is 14.8 Å². The summed E-state index contributed by atoms with van der Waals surface area (Å²) in [6, 6.07) is 5.89. The summed E-state index contributed by atoms with van der Waals surface area (Å²) >= 11 is 5.89. The molecule has 1 saturated carbocycles. The Morgan fingerprint density at radius 3 is 2.33 bits per heavy atom. The van der Waals surface area contributed by atoms with Crippen LogP contribution in [0.25, 0.3) is 0 Å². The van der Waals surface area contributed by atoms with E-state index >= 15 is 0 Å². The first kappa shape index (κ1) is 19.1. The molecular weight excluding hydrogens is 348 g/mol. The number of carbonyl (C=O) groups excluding carboxylic acids is 1. The minimum absolute atomic E-state index is 0.145. The third-order valence-corrected chi connectivity index (χ3v) is 5.79. The molecule has 5 nitrogen and oxygen atoms in total. The van der Waals surface area contributed by atoms with Crippen LogP contribution >= 0.6 is 11.6 Å². The molecule has 1 atom stereocenters. The second kappa shape index (κ2) is 8.21. The quantitative estimate of drug-likeness (QED) is 0.832. The molecule has 1 aromatic carbocycles. The van der Waals surface area contributed by atoms with E-state index in [1.54, 1.807) is 24.3 Å². The van der Waals surface area contributed by atoms with Crippen LogP contribution in [0.2, 0.25) is 5.02 Å². The highest BCUT2D eigenvalue weighted by Crippen LogP contribution is 2.25. The fourth-order valence-corrected chi connectivity index (χ4v) is 4.53. The summed E-state index contributed by atoms with van der Waals surface area (Å²) in [6.07, 6.45) is 6.85. The van der Waals surface area contributed by atoms with Gasteiger partial charge in [0.1, 0.15) is 6.04 Å². The lowest BCUT2D eigenvalue weighted by Crippen LogP contribution is -2.51. The van der Waals surface area contributed by atoms with Gasteiger partial charge in [-0.05, 0) is 43.5 Å². The van der Waals surface area contributed by atoms with Gasteiger partial charge in [-0.25, -0.2) is 8.42 Å². The van der Waals surface area contributed by atoms with Gasteiger partial charge in [0.25, 0.3) is 0 Å².